The summed E-state index contributed by atoms with van der Waals surface area (Å²) in [5.41, 5.74) is 36.6. The van der Waals surface area contributed by atoms with E-state index in [4.69, 9.17) is 43.9 Å². The van der Waals surface area contributed by atoms with Gasteiger partial charge in [-0.3, -0.25) is 0 Å². The maximum atomic E-state index is 12.4. The van der Waals surface area contributed by atoms with Crippen molar-refractivity contribution in [1.82, 2.24) is 10.6 Å². The molecule has 0 aromatic carbocycles. The van der Waals surface area contributed by atoms with Gasteiger partial charge in [-0.2, -0.15) is 0 Å². The normalized spacial score (nSPS) is 26.8. The quantitative estimate of drug-likeness (QED) is 0.0936. The number of nitrogens with one attached hydrogen (secondary N) is 2. The molecule has 6 atom stereocenters. The second kappa shape index (κ2) is 17.7. The van der Waals surface area contributed by atoms with Crippen LogP contribution in [0.5, 0.6) is 0 Å². The van der Waals surface area contributed by atoms with E-state index in [9.17, 15) is 9.59 Å². The van der Waals surface area contributed by atoms with Gasteiger partial charge in [-0.25, -0.2) is 9.59 Å². The van der Waals surface area contributed by atoms with Crippen molar-refractivity contribution in [3.05, 3.63) is 0 Å². The molecule has 43 heavy (non-hydrogen) atoms. The molecule has 12 nitrogen and oxygen atoms in total. The van der Waals surface area contributed by atoms with E-state index >= 15 is 0 Å². The van der Waals surface area contributed by atoms with E-state index in [1.54, 1.807) is 0 Å². The first-order chi connectivity index (χ1) is 20.0. The lowest BCUT2D eigenvalue weighted by Crippen LogP contribution is -2.65. The van der Waals surface area contributed by atoms with Crippen LogP contribution in [0.25, 0.3) is 0 Å². The number of hydrogen-bond donors (Lipinski definition) is 8. The van der Waals surface area contributed by atoms with Crippen LogP contribution in [0.1, 0.15) is 111 Å². The van der Waals surface area contributed by atoms with E-state index in [1.807, 2.05) is 0 Å². The maximum Gasteiger partial charge on any atom is 0.407 e. The van der Waals surface area contributed by atoms with E-state index in [1.165, 1.54) is 0 Å². The summed E-state index contributed by atoms with van der Waals surface area (Å²) < 4.78 is 10.7. The number of unbranched alkanes of at least 4 members (excludes halogenated alkanes) is 2. The van der Waals surface area contributed by atoms with Crippen molar-refractivity contribution in [3.8, 4) is 0 Å². The summed E-state index contributed by atoms with van der Waals surface area (Å²) in [4.78, 5) is 24.7. The Hall–Kier alpha value is -1.70. The summed E-state index contributed by atoms with van der Waals surface area (Å²) in [5.74, 6) is -1.05. The lowest BCUT2D eigenvalue weighted by atomic mass is 9.73. The number of nitrogens with two attached hydrogens (primary N) is 6. The molecular weight excluding hydrogens is 548 g/mol. The number of carbonyl (C=O) groups is 2. The lowest BCUT2D eigenvalue weighted by molar-refractivity contribution is 0.108. The molecule has 2 rings (SSSR count). The molecule has 252 valence electrons. The predicted molar refractivity (Wildman–Crippen MR) is 171 cm³/mol. The van der Waals surface area contributed by atoms with Gasteiger partial charge in [0.1, 0.15) is 11.6 Å². The number of ether oxygens (including phenoxy) is 2. The smallest absolute Gasteiger partial charge is 0.407 e. The van der Waals surface area contributed by atoms with Gasteiger partial charge in [0.15, 0.2) is 0 Å². The Bertz CT molecular complexity index is 764. The minimum Gasteiger partial charge on any atom is -0.450 e. The van der Waals surface area contributed by atoms with Crippen LogP contribution in [0.4, 0.5) is 9.59 Å². The average Bonchev–Trinajstić information content (AvgIpc) is 2.86. The van der Waals surface area contributed by atoms with Gasteiger partial charge in [0, 0.05) is 23.9 Å². The largest absolute Gasteiger partial charge is 0.450 e. The van der Waals surface area contributed by atoms with Crippen LogP contribution in [0.3, 0.4) is 0 Å². The van der Waals surface area contributed by atoms with Crippen molar-refractivity contribution in [3.63, 3.8) is 0 Å². The summed E-state index contributed by atoms with van der Waals surface area (Å²) in [7, 11) is 0. The first-order valence-electron chi connectivity index (χ1n) is 16.6. The molecule has 2 fully saturated rings. The highest BCUT2D eigenvalue weighted by atomic mass is 16.6. The second-order valence-electron chi connectivity index (χ2n) is 14.5. The van der Waals surface area contributed by atoms with E-state index in [0.717, 1.165) is 70.6 Å². The van der Waals surface area contributed by atoms with E-state index in [-0.39, 0.29) is 36.1 Å². The van der Waals surface area contributed by atoms with Crippen LogP contribution in [0.15, 0.2) is 0 Å². The van der Waals surface area contributed by atoms with Gasteiger partial charge in [0.05, 0.1) is 13.2 Å². The predicted octanol–water partition coefficient (Wildman–Crippen LogP) is 3.11. The van der Waals surface area contributed by atoms with Gasteiger partial charge in [0.25, 0.3) is 0 Å². The van der Waals surface area contributed by atoms with Crippen molar-refractivity contribution >= 4 is 12.2 Å². The zero-order chi connectivity index (χ0) is 32.2. The van der Waals surface area contributed by atoms with Crippen LogP contribution in [-0.2, 0) is 9.47 Å². The molecule has 2 saturated carbocycles. The van der Waals surface area contributed by atoms with Gasteiger partial charge in [0.2, 0.25) is 0 Å². The molecule has 0 aromatic heterocycles. The molecule has 0 spiro atoms. The third-order valence-corrected chi connectivity index (χ3v) is 9.25. The molecule has 0 aromatic rings. The highest BCUT2D eigenvalue weighted by Crippen LogP contribution is 2.37. The monoisotopic (exact) mass is 613 g/mol. The van der Waals surface area contributed by atoms with Gasteiger partial charge in [-0.05, 0) is 75.0 Å². The molecule has 0 heterocycles. The number of amides is 2. The molecular formula is C31H64N8O4. The molecule has 14 N–H and O–H groups in total. The number of hydrogen-bond acceptors (Lipinski definition) is 10. The summed E-state index contributed by atoms with van der Waals surface area (Å²) in [6.07, 6.45) is 10.8. The molecule has 0 bridgehead atoms. The highest BCUT2D eigenvalue weighted by molar-refractivity contribution is 5.67. The highest BCUT2D eigenvalue weighted by Gasteiger charge is 2.38. The molecule has 2 aliphatic carbocycles. The minimum absolute atomic E-state index is 0.0601. The first kappa shape index (κ1) is 37.5. The molecule has 12 heteroatoms. The third-order valence-electron chi connectivity index (χ3n) is 9.25. The summed E-state index contributed by atoms with van der Waals surface area (Å²) in [6.45, 7) is 9.20. The molecule has 2 aliphatic rings. The molecule has 0 aliphatic heterocycles. The van der Waals surface area contributed by atoms with E-state index in [2.05, 4.69) is 38.3 Å². The number of alkyl carbamates (subject to hydrolysis) is 2. The van der Waals surface area contributed by atoms with Gasteiger partial charge in [-0.1, -0.05) is 59.8 Å². The van der Waals surface area contributed by atoms with Gasteiger partial charge in [-0.15, -0.1) is 0 Å². The van der Waals surface area contributed by atoms with Crippen molar-refractivity contribution in [2.75, 3.05) is 13.2 Å². The zero-order valence-corrected chi connectivity index (χ0v) is 27.3. The van der Waals surface area contributed by atoms with Crippen LogP contribution >= 0.6 is 0 Å². The Balaban J connectivity index is 1.81. The Labute approximate surface area is 259 Å². The third kappa shape index (κ3) is 15.2. The Morgan fingerprint density at radius 3 is 1.33 bits per heavy atom. The van der Waals surface area contributed by atoms with Crippen molar-refractivity contribution in [2.45, 2.75) is 135 Å². The fraction of sp³-hybridized carbons (Fsp3) is 0.935. The topological polar surface area (TPSA) is 233 Å². The van der Waals surface area contributed by atoms with Crippen molar-refractivity contribution in [1.29, 1.82) is 0 Å². The number of carbonyl (C=O) groups excluding carboxylic acids is 2. The van der Waals surface area contributed by atoms with Crippen LogP contribution < -0.4 is 45.0 Å². The molecule has 6 unspecified atom stereocenters. The van der Waals surface area contributed by atoms with Crippen molar-refractivity contribution in [2.24, 2.45) is 69.9 Å². The maximum absolute atomic E-state index is 12.4. The lowest BCUT2D eigenvalue weighted by Gasteiger charge is -2.41. The Morgan fingerprint density at radius 2 is 1.00 bits per heavy atom. The fourth-order valence-electron chi connectivity index (χ4n) is 6.63. The summed E-state index contributed by atoms with van der Waals surface area (Å²) >= 11 is 0. The van der Waals surface area contributed by atoms with Gasteiger partial charge < -0.3 is 54.5 Å². The summed E-state index contributed by atoms with van der Waals surface area (Å²) in [5, 5.41) is 6.04. The first-order valence-corrected chi connectivity index (χ1v) is 16.6. The standard InChI is InChI=1S/C31H64N8O4/c1-20(2)10-12-42-28(40)38-26-16-22(14-24(18-26)30(32,33)34)8-6-5-7-9-23-15-25(31(35,36)37)19-27(17-23)39-29(41)43-13-11-21(3)4/h20-27H,5-19,32-37H2,1-4H3,(H,38,40)(H,39,41). The van der Waals surface area contributed by atoms with Crippen molar-refractivity contribution < 1.29 is 19.1 Å². The Morgan fingerprint density at radius 1 is 0.628 bits per heavy atom. The zero-order valence-electron chi connectivity index (χ0n) is 27.3. The SMILES string of the molecule is CC(C)CCOC(=O)NC1CC(CCCCCC2CC(NC(=O)OCCC(C)C)CC(C(N)(N)N)C2)CC(C(N)(N)N)C1. The Kier molecular flexibility index (Phi) is 15.4. The minimum atomic E-state index is -1.28. The van der Waals surface area contributed by atoms with Crippen LogP contribution in [0.2, 0.25) is 0 Å². The molecule has 0 saturated heterocycles. The second-order valence-corrected chi connectivity index (χ2v) is 14.5. The van der Waals surface area contributed by atoms with Gasteiger partial charge >= 0.3 is 12.2 Å². The summed E-state index contributed by atoms with van der Waals surface area (Å²) in [6, 6.07) is -0.120. The van der Waals surface area contributed by atoms with E-state index < -0.39 is 11.6 Å². The van der Waals surface area contributed by atoms with Crippen LogP contribution in [0, 0.1) is 35.5 Å². The number of rotatable bonds is 16. The fourth-order valence-corrected chi connectivity index (χ4v) is 6.63. The molecule has 0 radical (unpaired) electrons. The molecule has 2 amide bonds. The average molecular weight is 613 g/mol. The van der Waals surface area contributed by atoms with Crippen LogP contribution in [-0.4, -0.2) is 49.1 Å². The van der Waals surface area contributed by atoms with E-state index in [0.29, 0.717) is 49.7 Å².